The summed E-state index contributed by atoms with van der Waals surface area (Å²) in [7, 11) is 0. The molecule has 1 aromatic heterocycles. The molecule has 1 aromatic rings. The number of thioether (sulfide) groups is 1. The molecule has 0 aliphatic carbocycles. The molecule has 3 N–H and O–H groups in total. The third kappa shape index (κ3) is 5.93. The molecule has 0 aliphatic heterocycles. The molecule has 0 bridgehead atoms. The van der Waals surface area contributed by atoms with Gasteiger partial charge in [0.25, 0.3) is 0 Å². The summed E-state index contributed by atoms with van der Waals surface area (Å²) in [4.78, 5) is 26.5. The van der Waals surface area contributed by atoms with E-state index in [2.05, 4.69) is 31.5 Å². The molecule has 1 heterocycles. The van der Waals surface area contributed by atoms with Crippen LogP contribution in [0.2, 0.25) is 0 Å². The van der Waals surface area contributed by atoms with E-state index in [0.29, 0.717) is 17.9 Å². The molecule has 0 saturated heterocycles. The summed E-state index contributed by atoms with van der Waals surface area (Å²) in [6.45, 7) is 0. The summed E-state index contributed by atoms with van der Waals surface area (Å²) >= 11 is 4.76. The van der Waals surface area contributed by atoms with E-state index in [4.69, 9.17) is 5.11 Å². The highest BCUT2D eigenvalue weighted by molar-refractivity contribution is 9.10. The molecule has 1 atom stereocenters. The molecule has 19 heavy (non-hydrogen) atoms. The van der Waals surface area contributed by atoms with Crippen molar-refractivity contribution in [3.05, 3.63) is 22.9 Å². The van der Waals surface area contributed by atoms with Gasteiger partial charge in [0.05, 0.1) is 11.9 Å². The first-order valence-electron chi connectivity index (χ1n) is 5.42. The summed E-state index contributed by atoms with van der Waals surface area (Å²) < 4.78 is 0.725. The van der Waals surface area contributed by atoms with E-state index in [-0.39, 0.29) is 0 Å². The van der Waals surface area contributed by atoms with Gasteiger partial charge in [0.1, 0.15) is 6.04 Å². The zero-order valence-electron chi connectivity index (χ0n) is 10.2. The fourth-order valence-electron chi connectivity index (χ4n) is 1.30. The summed E-state index contributed by atoms with van der Waals surface area (Å²) in [6.07, 6.45) is 5.32. The summed E-state index contributed by atoms with van der Waals surface area (Å²) in [5, 5.41) is 13.9. The number of nitrogens with one attached hydrogen (secondary N) is 2. The monoisotopic (exact) mass is 347 g/mol. The van der Waals surface area contributed by atoms with Gasteiger partial charge in [-0.2, -0.15) is 11.8 Å². The molecule has 8 heteroatoms. The first kappa shape index (κ1) is 15.8. The number of carbonyl (C=O) groups is 2. The van der Waals surface area contributed by atoms with Crippen LogP contribution in [-0.2, 0) is 4.79 Å². The molecule has 104 valence electrons. The molecular formula is C11H14BrN3O3S. The molecule has 0 unspecified atom stereocenters. The van der Waals surface area contributed by atoms with Gasteiger partial charge in [0.15, 0.2) is 0 Å². The number of anilines is 1. The van der Waals surface area contributed by atoms with E-state index in [9.17, 15) is 9.59 Å². The maximum absolute atomic E-state index is 11.7. The Hall–Kier alpha value is -1.28. The van der Waals surface area contributed by atoms with Crippen LogP contribution in [0, 0.1) is 0 Å². The quantitative estimate of drug-likeness (QED) is 0.733. The molecule has 0 saturated carbocycles. The van der Waals surface area contributed by atoms with Gasteiger partial charge in [-0.1, -0.05) is 0 Å². The summed E-state index contributed by atoms with van der Waals surface area (Å²) in [5.41, 5.74) is 0.487. The maximum Gasteiger partial charge on any atom is 0.326 e. The second-order valence-corrected chi connectivity index (χ2v) is 5.56. The number of aromatic nitrogens is 1. The minimum atomic E-state index is -1.04. The number of halogens is 1. The van der Waals surface area contributed by atoms with Crippen molar-refractivity contribution < 1.29 is 14.7 Å². The number of carboxylic acid groups (broad SMARTS) is 1. The van der Waals surface area contributed by atoms with Crippen molar-refractivity contribution in [3.8, 4) is 0 Å². The van der Waals surface area contributed by atoms with Crippen LogP contribution in [0.4, 0.5) is 10.5 Å². The van der Waals surface area contributed by atoms with Crippen LogP contribution in [0.5, 0.6) is 0 Å². The Morgan fingerprint density at radius 2 is 2.26 bits per heavy atom. The van der Waals surface area contributed by atoms with Crippen molar-refractivity contribution in [3.63, 3.8) is 0 Å². The van der Waals surface area contributed by atoms with Gasteiger partial charge < -0.3 is 15.7 Å². The number of amides is 2. The second-order valence-electron chi connectivity index (χ2n) is 3.66. The minimum Gasteiger partial charge on any atom is -0.480 e. The SMILES string of the molecule is CSCC[C@@H](NC(=O)Nc1cncc(Br)c1)C(=O)O. The van der Waals surface area contributed by atoms with Crippen molar-refractivity contribution in [2.75, 3.05) is 17.3 Å². The number of hydrogen-bond acceptors (Lipinski definition) is 4. The van der Waals surface area contributed by atoms with Gasteiger partial charge >= 0.3 is 12.0 Å². The van der Waals surface area contributed by atoms with Crippen LogP contribution in [0.3, 0.4) is 0 Å². The van der Waals surface area contributed by atoms with Crippen molar-refractivity contribution in [1.82, 2.24) is 10.3 Å². The molecule has 0 aromatic carbocycles. The smallest absolute Gasteiger partial charge is 0.326 e. The Bertz CT molecular complexity index is 459. The third-order valence-electron chi connectivity index (χ3n) is 2.18. The van der Waals surface area contributed by atoms with Crippen LogP contribution >= 0.6 is 27.7 Å². The first-order valence-corrected chi connectivity index (χ1v) is 7.61. The number of pyridine rings is 1. The first-order chi connectivity index (χ1) is 9.02. The van der Waals surface area contributed by atoms with Gasteiger partial charge in [0, 0.05) is 10.7 Å². The van der Waals surface area contributed by atoms with Crippen LogP contribution in [0.15, 0.2) is 22.9 Å². The highest BCUT2D eigenvalue weighted by atomic mass is 79.9. The predicted molar refractivity (Wildman–Crippen MR) is 78.5 cm³/mol. The Kier molecular flexibility index (Phi) is 6.65. The van der Waals surface area contributed by atoms with Crippen LogP contribution in [0.25, 0.3) is 0 Å². The van der Waals surface area contributed by atoms with E-state index in [1.54, 1.807) is 12.3 Å². The third-order valence-corrected chi connectivity index (χ3v) is 3.25. The fourth-order valence-corrected chi connectivity index (χ4v) is 2.13. The highest BCUT2D eigenvalue weighted by Gasteiger charge is 2.19. The van der Waals surface area contributed by atoms with Crippen LogP contribution in [-0.4, -0.2) is 40.1 Å². The molecule has 0 fully saturated rings. The molecule has 1 rings (SSSR count). The lowest BCUT2D eigenvalue weighted by Crippen LogP contribution is -2.43. The van der Waals surface area contributed by atoms with Crippen molar-refractivity contribution in [2.24, 2.45) is 0 Å². The number of rotatable bonds is 6. The topological polar surface area (TPSA) is 91.3 Å². The van der Waals surface area contributed by atoms with E-state index < -0.39 is 18.0 Å². The average molecular weight is 348 g/mol. The van der Waals surface area contributed by atoms with Gasteiger partial charge in [-0.15, -0.1) is 0 Å². The van der Waals surface area contributed by atoms with Crippen LogP contribution in [0.1, 0.15) is 6.42 Å². The Morgan fingerprint density at radius 3 is 2.84 bits per heavy atom. The highest BCUT2D eigenvalue weighted by Crippen LogP contribution is 2.13. The number of urea groups is 1. The molecule has 6 nitrogen and oxygen atoms in total. The van der Waals surface area contributed by atoms with E-state index in [1.165, 1.54) is 18.0 Å². The molecule has 2 amide bonds. The largest absolute Gasteiger partial charge is 0.480 e. The number of carboxylic acids is 1. The van der Waals surface area contributed by atoms with E-state index in [1.807, 2.05) is 6.26 Å². The standard InChI is InChI=1S/C11H14BrN3O3S/c1-19-3-2-9(10(16)17)15-11(18)14-8-4-7(12)5-13-6-8/h4-6,9H,2-3H2,1H3,(H,16,17)(H2,14,15,18)/t9-/m1/s1. The normalized spacial score (nSPS) is 11.7. The van der Waals surface area contributed by atoms with E-state index >= 15 is 0 Å². The molecular weight excluding hydrogens is 334 g/mol. The van der Waals surface area contributed by atoms with Crippen molar-refractivity contribution in [1.29, 1.82) is 0 Å². The number of aliphatic carboxylic acids is 1. The van der Waals surface area contributed by atoms with Gasteiger partial charge in [-0.3, -0.25) is 4.98 Å². The van der Waals surface area contributed by atoms with Gasteiger partial charge in [-0.25, -0.2) is 9.59 Å². The van der Waals surface area contributed by atoms with Crippen LogP contribution < -0.4 is 10.6 Å². The lowest BCUT2D eigenvalue weighted by Gasteiger charge is -2.14. The average Bonchev–Trinajstić information content (AvgIpc) is 2.34. The Balaban J connectivity index is 2.55. The van der Waals surface area contributed by atoms with E-state index in [0.717, 1.165) is 4.47 Å². The number of carbonyl (C=O) groups excluding carboxylic acids is 1. The van der Waals surface area contributed by atoms with Crippen molar-refractivity contribution in [2.45, 2.75) is 12.5 Å². The molecule has 0 radical (unpaired) electrons. The number of hydrogen-bond donors (Lipinski definition) is 3. The number of nitrogens with zero attached hydrogens (tertiary/aromatic N) is 1. The molecule has 0 aliphatic rings. The summed E-state index contributed by atoms with van der Waals surface area (Å²) in [6, 6.07) is 0.213. The van der Waals surface area contributed by atoms with Crippen molar-refractivity contribution >= 4 is 45.4 Å². The fraction of sp³-hybridized carbons (Fsp3) is 0.364. The Labute approximate surface area is 123 Å². The molecule has 0 spiro atoms. The van der Waals surface area contributed by atoms with Gasteiger partial charge in [-0.05, 0) is 40.4 Å². The minimum absolute atomic E-state index is 0.376. The maximum atomic E-state index is 11.7. The summed E-state index contributed by atoms with van der Waals surface area (Å²) in [5.74, 6) is -0.382. The van der Waals surface area contributed by atoms with Gasteiger partial charge in [0.2, 0.25) is 0 Å². The predicted octanol–water partition coefficient (Wildman–Crippen LogP) is 2.17. The zero-order valence-corrected chi connectivity index (χ0v) is 12.6. The Morgan fingerprint density at radius 1 is 1.53 bits per heavy atom. The lowest BCUT2D eigenvalue weighted by atomic mass is 10.2. The zero-order chi connectivity index (χ0) is 14.3. The lowest BCUT2D eigenvalue weighted by molar-refractivity contribution is -0.139. The second kappa shape index (κ2) is 8.00.